The Kier molecular flexibility index (Phi) is 15.4. The van der Waals surface area contributed by atoms with Crippen LogP contribution in [0.15, 0.2) is 10.4 Å². The lowest BCUT2D eigenvalue weighted by Crippen LogP contribution is -2.45. The van der Waals surface area contributed by atoms with Crippen LogP contribution in [-0.2, 0) is 9.78 Å². The first kappa shape index (κ1) is 23.0. The molecular formula is C14H32N4O4. The van der Waals surface area contributed by atoms with E-state index in [1.54, 1.807) is 11.9 Å². The van der Waals surface area contributed by atoms with E-state index in [0.29, 0.717) is 19.6 Å². The van der Waals surface area contributed by atoms with Gasteiger partial charge >= 0.3 is 0 Å². The van der Waals surface area contributed by atoms with Crippen LogP contribution in [-0.4, -0.2) is 60.0 Å². The summed E-state index contributed by atoms with van der Waals surface area (Å²) in [7, 11) is 1.80. The van der Waals surface area contributed by atoms with Crippen molar-refractivity contribution in [3.63, 3.8) is 0 Å². The van der Waals surface area contributed by atoms with Crippen molar-refractivity contribution in [3.8, 4) is 0 Å². The van der Waals surface area contributed by atoms with Gasteiger partial charge in [0.2, 0.25) is 5.91 Å². The molecule has 0 bridgehead atoms. The number of carbonyl (C=O) groups is 1. The van der Waals surface area contributed by atoms with Crippen LogP contribution >= 0.6 is 0 Å². The maximum Gasteiger partial charge on any atom is 0.234 e. The third-order valence-electron chi connectivity index (χ3n) is 2.37. The molecule has 3 N–H and O–H groups in total. The molecule has 0 aliphatic heterocycles. The zero-order chi connectivity index (χ0) is 17.4. The van der Waals surface area contributed by atoms with Crippen LogP contribution in [0.1, 0.15) is 47.0 Å². The summed E-state index contributed by atoms with van der Waals surface area (Å²) < 4.78 is 0. The van der Waals surface area contributed by atoms with E-state index in [1.165, 1.54) is 0 Å². The first-order valence-corrected chi connectivity index (χ1v) is 7.54. The minimum absolute atomic E-state index is 0.0107. The Morgan fingerprint density at radius 1 is 1.32 bits per heavy atom. The molecule has 0 saturated carbocycles. The molecule has 0 rings (SSSR count). The number of hydrogen-bond donors (Lipinski definition) is 3. The van der Waals surface area contributed by atoms with Gasteiger partial charge in [0.05, 0.1) is 25.0 Å². The molecule has 132 valence electrons. The second-order valence-corrected chi connectivity index (χ2v) is 6.00. The average molecular weight is 320 g/mol. The molecule has 0 heterocycles. The zero-order valence-electron chi connectivity index (χ0n) is 14.5. The minimum Gasteiger partial charge on any atom is -0.395 e. The molecule has 0 aromatic rings. The first-order valence-electron chi connectivity index (χ1n) is 7.54. The highest BCUT2D eigenvalue weighted by Gasteiger charge is 2.14. The molecule has 0 fully saturated rings. The van der Waals surface area contributed by atoms with Gasteiger partial charge in [0.15, 0.2) is 0 Å². The quantitative estimate of drug-likeness (QED) is 0.260. The summed E-state index contributed by atoms with van der Waals surface area (Å²) in [5, 5.41) is 25.5. The van der Waals surface area contributed by atoms with E-state index in [2.05, 4.69) is 27.6 Å². The maximum atomic E-state index is 11.3. The lowest BCUT2D eigenvalue weighted by atomic mass is 10.1. The number of nitrogens with one attached hydrogen (secondary N) is 1. The fourth-order valence-corrected chi connectivity index (χ4v) is 1.45. The standard InChI is InChI=1S/C9H20N2O2.C5H12N2O2/c1-9(2,3)10-8(13)7-11(4)5-6-12;1-2-3-4-5-6-7-9-8/h12H,5-7H2,1-4H3,(H,10,13);8H,2-5H2,1H3. The molecule has 1 amide bonds. The van der Waals surface area contributed by atoms with Crippen molar-refractivity contribution in [3.05, 3.63) is 0 Å². The molecule has 0 aliphatic rings. The third kappa shape index (κ3) is 21.1. The van der Waals surface area contributed by atoms with Crippen molar-refractivity contribution < 1.29 is 20.1 Å². The molecule has 0 aliphatic carbocycles. The monoisotopic (exact) mass is 320 g/mol. The van der Waals surface area contributed by atoms with Gasteiger partial charge in [-0.25, -0.2) is 4.99 Å². The fourth-order valence-electron chi connectivity index (χ4n) is 1.45. The van der Waals surface area contributed by atoms with E-state index in [1.807, 2.05) is 20.8 Å². The molecule has 0 aromatic heterocycles. The lowest BCUT2D eigenvalue weighted by molar-refractivity contribution is -0.251. The topological polar surface area (TPSA) is 107 Å². The van der Waals surface area contributed by atoms with Crippen LogP contribution in [0, 0.1) is 0 Å². The second-order valence-electron chi connectivity index (χ2n) is 6.00. The smallest absolute Gasteiger partial charge is 0.234 e. The molecule has 0 radical (unpaired) electrons. The third-order valence-corrected chi connectivity index (χ3v) is 2.37. The number of nitrogens with zero attached hydrogens (tertiary/aromatic N) is 3. The van der Waals surface area contributed by atoms with E-state index < -0.39 is 0 Å². The Labute approximate surface area is 133 Å². The minimum atomic E-state index is -0.183. The van der Waals surface area contributed by atoms with E-state index in [0.717, 1.165) is 19.3 Å². The number of hydrogen-bond acceptors (Lipinski definition) is 7. The summed E-state index contributed by atoms with van der Waals surface area (Å²) in [5.41, 5.74) is -0.183. The van der Waals surface area contributed by atoms with Gasteiger partial charge in [-0.1, -0.05) is 19.8 Å². The van der Waals surface area contributed by atoms with Gasteiger partial charge in [0.1, 0.15) is 0 Å². The number of unbranched alkanes of at least 4 members (excludes halogenated alkanes) is 2. The van der Waals surface area contributed by atoms with E-state index in [9.17, 15) is 4.79 Å². The number of aliphatic hydroxyl groups is 1. The average Bonchev–Trinajstić information content (AvgIpc) is 2.37. The first-order chi connectivity index (χ1) is 10.3. The van der Waals surface area contributed by atoms with Crippen LogP contribution in [0.2, 0.25) is 0 Å². The molecule has 8 nitrogen and oxygen atoms in total. The number of likely N-dealkylation sites (N-methyl/N-ethyl adjacent to an activating group) is 1. The molecule has 0 unspecified atom stereocenters. The number of amides is 1. The number of aliphatic hydroxyl groups excluding tert-OH is 1. The summed E-state index contributed by atoms with van der Waals surface area (Å²) in [6.45, 7) is 9.51. The van der Waals surface area contributed by atoms with Gasteiger partial charge < -0.3 is 10.4 Å². The van der Waals surface area contributed by atoms with Crippen LogP contribution in [0.3, 0.4) is 0 Å². The fraction of sp³-hybridized carbons (Fsp3) is 0.929. The molecular weight excluding hydrogens is 288 g/mol. The second kappa shape index (κ2) is 14.7. The molecule has 0 saturated heterocycles. The van der Waals surface area contributed by atoms with Crippen LogP contribution in [0.4, 0.5) is 0 Å². The van der Waals surface area contributed by atoms with E-state index in [-0.39, 0.29) is 18.1 Å². The van der Waals surface area contributed by atoms with Crippen molar-refractivity contribution >= 4 is 5.91 Å². The van der Waals surface area contributed by atoms with Crippen LogP contribution in [0.5, 0.6) is 0 Å². The molecule has 0 spiro atoms. The highest BCUT2D eigenvalue weighted by atomic mass is 17.2. The van der Waals surface area contributed by atoms with Crippen molar-refractivity contribution in [2.45, 2.75) is 52.5 Å². The highest BCUT2D eigenvalue weighted by molar-refractivity contribution is 5.78. The van der Waals surface area contributed by atoms with E-state index >= 15 is 0 Å². The Hall–Kier alpha value is -1.25. The van der Waals surface area contributed by atoms with Crippen molar-refractivity contribution in [1.29, 1.82) is 0 Å². The Morgan fingerprint density at radius 2 is 1.95 bits per heavy atom. The van der Waals surface area contributed by atoms with Gasteiger partial charge in [-0.2, -0.15) is 10.4 Å². The van der Waals surface area contributed by atoms with Gasteiger partial charge in [0, 0.05) is 12.1 Å². The normalized spacial score (nSPS) is 11.3. The highest BCUT2D eigenvalue weighted by Crippen LogP contribution is 1.98. The zero-order valence-corrected chi connectivity index (χ0v) is 14.5. The summed E-state index contributed by atoms with van der Waals surface area (Å²) in [4.78, 5) is 16.5. The predicted molar refractivity (Wildman–Crippen MR) is 85.4 cm³/mol. The van der Waals surface area contributed by atoms with Crippen molar-refractivity contribution in [2.24, 2.45) is 10.4 Å². The Morgan fingerprint density at radius 3 is 2.41 bits per heavy atom. The molecule has 22 heavy (non-hydrogen) atoms. The summed E-state index contributed by atoms with van der Waals surface area (Å²) in [6, 6.07) is 0. The molecule has 0 aromatic carbocycles. The lowest BCUT2D eigenvalue weighted by Gasteiger charge is -2.22. The van der Waals surface area contributed by atoms with Crippen molar-refractivity contribution in [1.82, 2.24) is 10.2 Å². The van der Waals surface area contributed by atoms with Gasteiger partial charge in [-0.15, -0.1) is 0 Å². The Bertz CT molecular complexity index is 293. The van der Waals surface area contributed by atoms with E-state index in [4.69, 9.17) is 10.4 Å². The van der Waals surface area contributed by atoms with Crippen molar-refractivity contribution in [2.75, 3.05) is 33.3 Å². The predicted octanol–water partition coefficient (Wildman–Crippen LogP) is 1.86. The van der Waals surface area contributed by atoms with Crippen LogP contribution in [0.25, 0.3) is 0 Å². The summed E-state index contributed by atoms with van der Waals surface area (Å²) >= 11 is 0. The number of rotatable bonds is 9. The largest absolute Gasteiger partial charge is 0.395 e. The van der Waals surface area contributed by atoms with Crippen LogP contribution < -0.4 is 5.32 Å². The van der Waals surface area contributed by atoms with Gasteiger partial charge in [-0.05, 0) is 34.2 Å². The molecule has 0 atom stereocenters. The summed E-state index contributed by atoms with van der Waals surface area (Å²) in [6.07, 6.45) is 3.31. The summed E-state index contributed by atoms with van der Waals surface area (Å²) in [5.74, 6) is -0.0107. The Balaban J connectivity index is 0. The maximum absolute atomic E-state index is 11.3. The SMILES string of the molecule is CCCCCN=NOO.CN(CCO)CC(=O)NC(C)(C)C. The number of carbonyl (C=O) groups excluding carboxylic acids is 1. The molecule has 8 heteroatoms. The van der Waals surface area contributed by atoms with Gasteiger partial charge in [0.25, 0.3) is 0 Å². The van der Waals surface area contributed by atoms with Gasteiger partial charge in [-0.3, -0.25) is 9.69 Å².